The quantitative estimate of drug-likeness (QED) is 0.586. The zero-order valence-corrected chi connectivity index (χ0v) is 17.9. The van der Waals surface area contributed by atoms with Crippen LogP contribution in [0, 0.1) is 5.92 Å². The molecule has 4 rings (SSSR count). The minimum atomic E-state index is -0.191. The summed E-state index contributed by atoms with van der Waals surface area (Å²) in [6.45, 7) is 5.39. The van der Waals surface area contributed by atoms with E-state index in [2.05, 4.69) is 27.1 Å². The van der Waals surface area contributed by atoms with Crippen LogP contribution < -0.4 is 5.32 Å². The number of likely N-dealkylation sites (tertiary alicyclic amines) is 1. The number of nitrogens with zero attached hydrogens (tertiary/aromatic N) is 3. The maximum absolute atomic E-state index is 12.6. The predicted molar refractivity (Wildman–Crippen MR) is 116 cm³/mol. The Morgan fingerprint density at radius 2 is 2.11 bits per heavy atom. The van der Waals surface area contributed by atoms with E-state index in [-0.39, 0.29) is 5.91 Å². The number of hydrogen-bond donors (Lipinski definition) is 1. The zero-order valence-electron chi connectivity index (χ0n) is 15.5. The number of nitrogens with one attached hydrogen (secondary N) is 1. The number of carbonyl (C=O) groups is 1. The van der Waals surface area contributed by atoms with Gasteiger partial charge < -0.3 is 0 Å². The van der Waals surface area contributed by atoms with Crippen molar-refractivity contribution < 1.29 is 4.79 Å². The van der Waals surface area contributed by atoms with Gasteiger partial charge >= 0.3 is 0 Å². The zero-order chi connectivity index (χ0) is 19.5. The molecule has 0 bridgehead atoms. The molecule has 1 aliphatic heterocycles. The summed E-state index contributed by atoms with van der Waals surface area (Å²) >= 11 is 9.01. The fourth-order valence-electron chi connectivity index (χ4n) is 3.18. The van der Waals surface area contributed by atoms with Crippen molar-refractivity contribution in [2.24, 2.45) is 5.92 Å². The highest BCUT2D eigenvalue weighted by atomic mass is 35.5. The number of rotatable bonds is 5. The summed E-state index contributed by atoms with van der Waals surface area (Å²) in [6.07, 6.45) is 4.07. The normalized spacial score (nSPS) is 15.6. The lowest BCUT2D eigenvalue weighted by molar-refractivity contribution is 0.103. The van der Waals surface area contributed by atoms with Crippen LogP contribution in [-0.4, -0.2) is 33.9 Å². The topological polar surface area (TPSA) is 58.1 Å². The van der Waals surface area contributed by atoms with E-state index in [0.717, 1.165) is 41.8 Å². The van der Waals surface area contributed by atoms with Crippen LogP contribution in [0.4, 0.5) is 5.13 Å². The average Bonchev–Trinajstić information content (AvgIpc) is 3.34. The number of piperidine rings is 1. The van der Waals surface area contributed by atoms with Crippen LogP contribution >= 0.6 is 34.3 Å². The molecule has 0 unspecified atom stereocenters. The number of amides is 1. The lowest BCUT2D eigenvalue weighted by atomic mass is 9.99. The second kappa shape index (κ2) is 8.69. The van der Waals surface area contributed by atoms with Gasteiger partial charge in [0.05, 0.1) is 16.9 Å². The molecule has 0 aliphatic carbocycles. The van der Waals surface area contributed by atoms with Gasteiger partial charge in [0.2, 0.25) is 0 Å². The highest BCUT2D eigenvalue weighted by Crippen LogP contribution is 2.31. The molecule has 3 heterocycles. The van der Waals surface area contributed by atoms with Gasteiger partial charge in [-0.3, -0.25) is 15.0 Å². The molecule has 0 saturated carbocycles. The minimum Gasteiger partial charge on any atom is -0.297 e. The first-order chi connectivity index (χ1) is 13.6. The molecule has 28 heavy (non-hydrogen) atoms. The second-order valence-corrected chi connectivity index (χ2v) is 9.36. The van der Waals surface area contributed by atoms with Crippen LogP contribution in [-0.2, 0) is 6.54 Å². The largest absolute Gasteiger partial charge is 0.297 e. The molecule has 1 aliphatic rings. The molecule has 0 radical (unpaired) electrons. The Morgan fingerprint density at radius 3 is 2.89 bits per heavy atom. The number of hydrogen-bond acceptors (Lipinski definition) is 6. The molecule has 5 nitrogen and oxygen atoms in total. The highest BCUT2D eigenvalue weighted by molar-refractivity contribution is 7.17. The van der Waals surface area contributed by atoms with Crippen molar-refractivity contribution in [2.45, 2.75) is 26.3 Å². The van der Waals surface area contributed by atoms with E-state index in [9.17, 15) is 4.79 Å². The molecule has 146 valence electrons. The van der Waals surface area contributed by atoms with E-state index in [1.165, 1.54) is 35.5 Å². The Bertz CT molecular complexity index is 963. The van der Waals surface area contributed by atoms with Crippen molar-refractivity contribution in [2.75, 3.05) is 18.4 Å². The SMILES string of the molecule is CC1CCN(Cc2csc(NC(=O)c3cnc(-c4ccccc4Cl)s3)n2)CC1. The molecule has 0 spiro atoms. The van der Waals surface area contributed by atoms with Crippen molar-refractivity contribution in [3.05, 3.63) is 51.4 Å². The van der Waals surface area contributed by atoms with E-state index in [1.54, 1.807) is 6.20 Å². The van der Waals surface area contributed by atoms with Crippen molar-refractivity contribution in [1.82, 2.24) is 14.9 Å². The summed E-state index contributed by atoms with van der Waals surface area (Å²) in [4.78, 5) is 24.5. The van der Waals surface area contributed by atoms with Gasteiger partial charge in [0, 0.05) is 17.5 Å². The number of aromatic nitrogens is 2. The Hall–Kier alpha value is -1.80. The molecule has 1 aromatic carbocycles. The standard InChI is InChI=1S/C20H21ClN4OS2/c1-13-6-8-25(9-7-13)11-14-12-27-20(23-14)24-18(26)17-10-22-19(28-17)15-4-2-3-5-16(15)21/h2-5,10,12-13H,6-9,11H2,1H3,(H,23,24,26). The fraction of sp³-hybridized carbons (Fsp3) is 0.350. The monoisotopic (exact) mass is 432 g/mol. The van der Waals surface area contributed by atoms with Crippen LogP contribution in [0.3, 0.4) is 0 Å². The summed E-state index contributed by atoms with van der Waals surface area (Å²) < 4.78 is 0. The van der Waals surface area contributed by atoms with Crippen molar-refractivity contribution >= 4 is 45.3 Å². The van der Waals surface area contributed by atoms with Gasteiger partial charge in [-0.1, -0.05) is 36.7 Å². The smallest absolute Gasteiger partial charge is 0.269 e. The van der Waals surface area contributed by atoms with Crippen LogP contribution in [0.5, 0.6) is 0 Å². The van der Waals surface area contributed by atoms with Crippen LogP contribution in [0.15, 0.2) is 35.8 Å². The Balaban J connectivity index is 1.38. The lowest BCUT2D eigenvalue weighted by Crippen LogP contribution is -2.32. The van der Waals surface area contributed by atoms with Gasteiger partial charge in [-0.2, -0.15) is 0 Å². The van der Waals surface area contributed by atoms with Crippen molar-refractivity contribution in [3.8, 4) is 10.6 Å². The fourth-order valence-corrected chi connectivity index (χ4v) is 5.01. The Kier molecular flexibility index (Phi) is 6.06. The lowest BCUT2D eigenvalue weighted by Gasteiger charge is -2.29. The van der Waals surface area contributed by atoms with Crippen LogP contribution in [0.1, 0.15) is 35.1 Å². The summed E-state index contributed by atoms with van der Waals surface area (Å²) in [5.74, 6) is 0.625. The number of carbonyl (C=O) groups excluding carboxylic acids is 1. The third-order valence-corrected chi connectivity index (χ3v) is 7.03. The number of halogens is 1. The molecule has 1 N–H and O–H groups in total. The summed E-state index contributed by atoms with van der Waals surface area (Å²) in [7, 11) is 0. The van der Waals surface area contributed by atoms with E-state index >= 15 is 0 Å². The van der Waals surface area contributed by atoms with E-state index < -0.39 is 0 Å². The molecular weight excluding hydrogens is 412 g/mol. The molecule has 1 amide bonds. The van der Waals surface area contributed by atoms with Gasteiger partial charge in [-0.25, -0.2) is 9.97 Å². The Labute approximate surface area is 177 Å². The maximum atomic E-state index is 12.6. The highest BCUT2D eigenvalue weighted by Gasteiger charge is 2.18. The van der Waals surface area contributed by atoms with Crippen LogP contribution in [0.25, 0.3) is 10.6 Å². The summed E-state index contributed by atoms with van der Waals surface area (Å²) in [5.41, 5.74) is 1.84. The first kappa shape index (κ1) is 19.5. The Morgan fingerprint density at radius 1 is 1.32 bits per heavy atom. The molecule has 8 heteroatoms. The molecule has 1 saturated heterocycles. The summed E-state index contributed by atoms with van der Waals surface area (Å²) in [6, 6.07) is 7.50. The minimum absolute atomic E-state index is 0.191. The van der Waals surface area contributed by atoms with E-state index in [0.29, 0.717) is 15.0 Å². The van der Waals surface area contributed by atoms with Gasteiger partial charge in [-0.15, -0.1) is 22.7 Å². The van der Waals surface area contributed by atoms with Crippen molar-refractivity contribution in [3.63, 3.8) is 0 Å². The first-order valence-corrected chi connectivity index (χ1v) is 11.3. The number of benzene rings is 1. The third kappa shape index (κ3) is 4.60. The van der Waals surface area contributed by atoms with Gasteiger partial charge in [0.15, 0.2) is 5.13 Å². The van der Waals surface area contributed by atoms with E-state index in [1.807, 2.05) is 29.6 Å². The molecular formula is C20H21ClN4OS2. The maximum Gasteiger partial charge on any atom is 0.269 e. The average molecular weight is 433 g/mol. The van der Waals surface area contributed by atoms with Gasteiger partial charge in [0.1, 0.15) is 9.88 Å². The predicted octanol–water partition coefficient (Wildman–Crippen LogP) is 5.40. The van der Waals surface area contributed by atoms with Crippen molar-refractivity contribution in [1.29, 1.82) is 0 Å². The second-order valence-electron chi connectivity index (χ2n) is 7.07. The van der Waals surface area contributed by atoms with Gasteiger partial charge in [-0.05, 0) is 37.9 Å². The van der Waals surface area contributed by atoms with E-state index in [4.69, 9.17) is 11.6 Å². The molecule has 1 fully saturated rings. The molecule has 0 atom stereocenters. The summed E-state index contributed by atoms with van der Waals surface area (Å²) in [5, 5.41) is 6.89. The molecule has 3 aromatic rings. The first-order valence-electron chi connectivity index (χ1n) is 9.27. The third-order valence-electron chi connectivity index (χ3n) is 4.87. The van der Waals surface area contributed by atoms with Crippen LogP contribution in [0.2, 0.25) is 5.02 Å². The number of anilines is 1. The van der Waals surface area contributed by atoms with Gasteiger partial charge in [0.25, 0.3) is 5.91 Å². The molecule has 2 aromatic heterocycles. The number of thiazole rings is 2.